The molecule has 0 atom stereocenters. The minimum absolute atomic E-state index is 0.316. The Kier molecular flexibility index (Phi) is 3.37. The van der Waals surface area contributed by atoms with Gasteiger partial charge in [0.1, 0.15) is 11.5 Å². The van der Waals surface area contributed by atoms with Gasteiger partial charge in [0.25, 0.3) is 0 Å². The van der Waals surface area contributed by atoms with E-state index >= 15 is 0 Å². The molecule has 0 N–H and O–H groups in total. The maximum Gasteiger partial charge on any atom is 0.356 e. The van der Waals surface area contributed by atoms with Gasteiger partial charge in [-0.15, -0.1) is 0 Å². The van der Waals surface area contributed by atoms with Crippen LogP contribution in [-0.2, 0) is 4.74 Å². The van der Waals surface area contributed by atoms with Crippen molar-refractivity contribution in [3.63, 3.8) is 0 Å². The van der Waals surface area contributed by atoms with Crippen LogP contribution in [0.2, 0.25) is 0 Å². The van der Waals surface area contributed by atoms with E-state index in [1.165, 1.54) is 28.9 Å². The minimum atomic E-state index is -0.433. The number of carbonyl (C=O) groups is 1. The number of esters is 1. The second kappa shape index (κ2) is 4.95. The SMILES string of the molecule is CCCCOC(=O)c1cnc2cc(F)ccn12. The summed E-state index contributed by atoms with van der Waals surface area (Å²) >= 11 is 0. The van der Waals surface area contributed by atoms with Crippen LogP contribution in [-0.4, -0.2) is 22.0 Å². The molecule has 0 unspecified atom stereocenters. The number of rotatable bonds is 4. The largest absolute Gasteiger partial charge is 0.461 e. The predicted octanol–water partition coefficient (Wildman–Crippen LogP) is 2.43. The summed E-state index contributed by atoms with van der Waals surface area (Å²) < 4.78 is 19.5. The number of pyridine rings is 1. The van der Waals surface area contributed by atoms with E-state index < -0.39 is 5.97 Å². The van der Waals surface area contributed by atoms with Crippen LogP contribution in [0.4, 0.5) is 4.39 Å². The highest BCUT2D eigenvalue weighted by Gasteiger charge is 2.13. The van der Waals surface area contributed by atoms with Crippen molar-refractivity contribution >= 4 is 11.6 Å². The van der Waals surface area contributed by atoms with Gasteiger partial charge in [0.05, 0.1) is 12.8 Å². The molecular formula is C12H13FN2O2. The molecule has 0 bridgehead atoms. The van der Waals surface area contributed by atoms with Gasteiger partial charge in [0, 0.05) is 12.3 Å². The summed E-state index contributed by atoms with van der Waals surface area (Å²) in [6.45, 7) is 2.41. The molecule has 0 fully saturated rings. The topological polar surface area (TPSA) is 43.6 Å². The lowest BCUT2D eigenvalue weighted by Gasteiger charge is -2.03. The Bertz CT molecular complexity index is 536. The smallest absolute Gasteiger partial charge is 0.356 e. The van der Waals surface area contributed by atoms with Crippen LogP contribution in [0.15, 0.2) is 24.5 Å². The predicted molar refractivity (Wildman–Crippen MR) is 60.3 cm³/mol. The van der Waals surface area contributed by atoms with Crippen molar-refractivity contribution < 1.29 is 13.9 Å². The van der Waals surface area contributed by atoms with Crippen LogP contribution in [0.25, 0.3) is 5.65 Å². The summed E-state index contributed by atoms with van der Waals surface area (Å²) in [6.07, 6.45) is 4.65. The van der Waals surface area contributed by atoms with E-state index in [9.17, 15) is 9.18 Å². The van der Waals surface area contributed by atoms with Gasteiger partial charge in [0.2, 0.25) is 0 Å². The Balaban J connectivity index is 2.21. The first-order valence-electron chi connectivity index (χ1n) is 5.52. The molecule has 5 heteroatoms. The molecular weight excluding hydrogens is 223 g/mol. The maximum atomic E-state index is 12.9. The fraction of sp³-hybridized carbons (Fsp3) is 0.333. The molecule has 90 valence electrons. The molecule has 0 amide bonds. The molecule has 0 saturated heterocycles. The summed E-state index contributed by atoms with van der Waals surface area (Å²) in [5.74, 6) is -0.813. The highest BCUT2D eigenvalue weighted by molar-refractivity contribution is 5.88. The van der Waals surface area contributed by atoms with E-state index in [1.807, 2.05) is 6.92 Å². The van der Waals surface area contributed by atoms with Crippen LogP contribution in [0.5, 0.6) is 0 Å². The highest BCUT2D eigenvalue weighted by Crippen LogP contribution is 2.09. The lowest BCUT2D eigenvalue weighted by atomic mass is 10.3. The molecule has 2 aromatic rings. The monoisotopic (exact) mass is 236 g/mol. The molecule has 0 spiro atoms. The fourth-order valence-corrected chi connectivity index (χ4v) is 1.49. The molecule has 2 aromatic heterocycles. The molecule has 2 rings (SSSR count). The molecule has 4 nitrogen and oxygen atoms in total. The first-order chi connectivity index (χ1) is 8.22. The zero-order chi connectivity index (χ0) is 12.3. The average Bonchev–Trinajstić information content (AvgIpc) is 2.72. The van der Waals surface area contributed by atoms with Crippen molar-refractivity contribution in [3.05, 3.63) is 36.0 Å². The van der Waals surface area contributed by atoms with Gasteiger partial charge >= 0.3 is 5.97 Å². The first-order valence-corrected chi connectivity index (χ1v) is 5.52. The molecule has 0 aliphatic rings. The van der Waals surface area contributed by atoms with E-state index in [2.05, 4.69) is 4.98 Å². The van der Waals surface area contributed by atoms with Crippen molar-refractivity contribution in [2.45, 2.75) is 19.8 Å². The number of aromatic nitrogens is 2. The van der Waals surface area contributed by atoms with Crippen molar-refractivity contribution in [1.82, 2.24) is 9.38 Å². The van der Waals surface area contributed by atoms with E-state index in [-0.39, 0.29) is 5.82 Å². The van der Waals surface area contributed by atoms with Gasteiger partial charge in [-0.3, -0.25) is 4.40 Å². The summed E-state index contributed by atoms with van der Waals surface area (Å²) in [7, 11) is 0. The quantitative estimate of drug-likeness (QED) is 0.605. The standard InChI is InChI=1S/C12H13FN2O2/c1-2-3-6-17-12(16)10-8-14-11-7-9(13)4-5-15(10)11/h4-5,7-8H,2-3,6H2,1H3. The minimum Gasteiger partial charge on any atom is -0.461 e. The van der Waals surface area contributed by atoms with E-state index in [1.54, 1.807) is 0 Å². The zero-order valence-corrected chi connectivity index (χ0v) is 9.52. The van der Waals surface area contributed by atoms with Crippen LogP contribution in [0.3, 0.4) is 0 Å². The van der Waals surface area contributed by atoms with Crippen molar-refractivity contribution in [1.29, 1.82) is 0 Å². The van der Waals surface area contributed by atoms with Gasteiger partial charge in [-0.05, 0) is 12.5 Å². The molecule has 0 aliphatic heterocycles. The molecule has 0 aliphatic carbocycles. The summed E-state index contributed by atoms with van der Waals surface area (Å²) in [5, 5.41) is 0. The molecule has 17 heavy (non-hydrogen) atoms. The molecule has 0 aromatic carbocycles. The maximum absolute atomic E-state index is 12.9. The summed E-state index contributed by atoms with van der Waals surface area (Å²) in [4.78, 5) is 15.7. The number of hydrogen-bond donors (Lipinski definition) is 0. The number of carbonyl (C=O) groups excluding carboxylic acids is 1. The van der Waals surface area contributed by atoms with Gasteiger partial charge in [0.15, 0.2) is 5.69 Å². The van der Waals surface area contributed by atoms with Crippen molar-refractivity contribution in [2.24, 2.45) is 0 Å². The first kappa shape index (κ1) is 11.6. The van der Waals surface area contributed by atoms with Crippen LogP contribution < -0.4 is 0 Å². The lowest BCUT2D eigenvalue weighted by Crippen LogP contribution is -2.09. The third-order valence-electron chi connectivity index (χ3n) is 2.42. The van der Waals surface area contributed by atoms with Gasteiger partial charge < -0.3 is 4.74 Å². The molecule has 0 saturated carbocycles. The Morgan fingerprint density at radius 1 is 1.59 bits per heavy atom. The van der Waals surface area contributed by atoms with Crippen LogP contribution >= 0.6 is 0 Å². The number of unbranched alkanes of at least 4 members (excludes halogenated alkanes) is 1. The normalized spacial score (nSPS) is 10.7. The number of fused-ring (bicyclic) bond motifs is 1. The van der Waals surface area contributed by atoms with Crippen molar-refractivity contribution in [3.8, 4) is 0 Å². The van der Waals surface area contributed by atoms with Crippen molar-refractivity contribution in [2.75, 3.05) is 6.61 Å². The second-order valence-corrected chi connectivity index (χ2v) is 3.71. The number of ether oxygens (including phenoxy) is 1. The number of hydrogen-bond acceptors (Lipinski definition) is 3. The Hall–Kier alpha value is -1.91. The van der Waals surface area contributed by atoms with Gasteiger partial charge in [-0.25, -0.2) is 14.2 Å². The Morgan fingerprint density at radius 3 is 3.18 bits per heavy atom. The van der Waals surface area contributed by atoms with E-state index in [4.69, 9.17) is 4.74 Å². The zero-order valence-electron chi connectivity index (χ0n) is 9.52. The van der Waals surface area contributed by atoms with E-state index in [0.29, 0.717) is 17.9 Å². The molecule has 0 radical (unpaired) electrons. The third-order valence-corrected chi connectivity index (χ3v) is 2.42. The highest BCUT2D eigenvalue weighted by atomic mass is 19.1. The van der Waals surface area contributed by atoms with Crippen LogP contribution in [0, 0.1) is 5.82 Å². The second-order valence-electron chi connectivity index (χ2n) is 3.71. The number of imidazole rings is 1. The fourth-order valence-electron chi connectivity index (χ4n) is 1.49. The molecule has 2 heterocycles. The van der Waals surface area contributed by atoms with E-state index in [0.717, 1.165) is 12.8 Å². The van der Waals surface area contributed by atoms with Crippen LogP contribution in [0.1, 0.15) is 30.3 Å². The number of nitrogens with zero attached hydrogens (tertiary/aromatic N) is 2. The lowest BCUT2D eigenvalue weighted by molar-refractivity contribution is 0.0491. The summed E-state index contributed by atoms with van der Waals surface area (Å²) in [6, 6.07) is 2.54. The number of halogens is 1. The average molecular weight is 236 g/mol. The third kappa shape index (κ3) is 2.43. The Morgan fingerprint density at radius 2 is 2.41 bits per heavy atom. The Labute approximate surface area is 98.0 Å². The summed E-state index contributed by atoms with van der Waals surface area (Å²) in [5.41, 5.74) is 0.712. The van der Waals surface area contributed by atoms with Gasteiger partial charge in [-0.2, -0.15) is 0 Å². The van der Waals surface area contributed by atoms with Gasteiger partial charge in [-0.1, -0.05) is 13.3 Å².